The zero-order valence-electron chi connectivity index (χ0n) is 13.5. The van der Waals surface area contributed by atoms with Gasteiger partial charge >= 0.3 is 0 Å². The average molecular weight is 300 g/mol. The Morgan fingerprint density at radius 1 is 1.27 bits per heavy atom. The van der Waals surface area contributed by atoms with Crippen molar-refractivity contribution < 1.29 is 4.74 Å². The van der Waals surface area contributed by atoms with Crippen molar-refractivity contribution in [2.75, 3.05) is 26.7 Å². The van der Waals surface area contributed by atoms with Gasteiger partial charge in [-0.05, 0) is 38.1 Å². The highest BCUT2D eigenvalue weighted by Gasteiger charge is 2.26. The number of nitrogens with one attached hydrogen (secondary N) is 2. The Hall–Kier alpha value is -1.85. The molecule has 0 aliphatic carbocycles. The number of benzene rings is 1. The smallest absolute Gasteiger partial charge is 0.118 e. The van der Waals surface area contributed by atoms with Crippen molar-refractivity contribution in [3.63, 3.8) is 0 Å². The molecule has 1 saturated heterocycles. The van der Waals surface area contributed by atoms with Gasteiger partial charge in [0.05, 0.1) is 19.0 Å². The predicted molar refractivity (Wildman–Crippen MR) is 87.9 cm³/mol. The van der Waals surface area contributed by atoms with E-state index in [4.69, 9.17) is 4.74 Å². The summed E-state index contributed by atoms with van der Waals surface area (Å²) in [6, 6.07) is 8.09. The quantitative estimate of drug-likeness (QED) is 0.909. The minimum atomic E-state index is 0.169. The molecule has 1 aromatic heterocycles. The molecular weight excluding hydrogens is 276 g/mol. The molecule has 0 bridgehead atoms. The fourth-order valence-electron chi connectivity index (χ4n) is 3.06. The van der Waals surface area contributed by atoms with Gasteiger partial charge in [0.1, 0.15) is 5.75 Å². The third-order valence-corrected chi connectivity index (χ3v) is 4.14. The van der Waals surface area contributed by atoms with Gasteiger partial charge in [0.2, 0.25) is 0 Å². The van der Waals surface area contributed by atoms with E-state index in [2.05, 4.69) is 46.4 Å². The maximum absolute atomic E-state index is 5.22. The first-order valence-electron chi connectivity index (χ1n) is 7.71. The first kappa shape index (κ1) is 15.1. The van der Waals surface area contributed by atoms with E-state index in [1.165, 1.54) is 5.56 Å². The van der Waals surface area contributed by atoms with Crippen LogP contribution in [0.15, 0.2) is 30.5 Å². The summed E-state index contributed by atoms with van der Waals surface area (Å²) in [6.07, 6.45) is 1.94. The summed E-state index contributed by atoms with van der Waals surface area (Å²) < 4.78 is 5.22. The lowest BCUT2D eigenvalue weighted by atomic mass is 10.0. The molecule has 5 heteroatoms. The van der Waals surface area contributed by atoms with Crippen LogP contribution in [0.5, 0.6) is 5.75 Å². The van der Waals surface area contributed by atoms with E-state index in [1.807, 2.05) is 18.3 Å². The van der Waals surface area contributed by atoms with Gasteiger partial charge < -0.3 is 10.1 Å². The normalized spacial score (nSPS) is 18.3. The van der Waals surface area contributed by atoms with Crippen LogP contribution in [0.2, 0.25) is 0 Å². The Morgan fingerprint density at radius 2 is 2.05 bits per heavy atom. The molecule has 2 aromatic rings. The SMILES string of the molecule is COc1ccc(-c2[nH]ncc2CN2CCNC(C)(C)C2)cc1. The van der Waals surface area contributed by atoms with E-state index in [0.717, 1.165) is 43.2 Å². The molecule has 22 heavy (non-hydrogen) atoms. The lowest BCUT2D eigenvalue weighted by Gasteiger charge is -2.39. The van der Waals surface area contributed by atoms with E-state index in [-0.39, 0.29) is 5.54 Å². The van der Waals surface area contributed by atoms with Gasteiger partial charge in [-0.25, -0.2) is 0 Å². The number of hydrogen-bond donors (Lipinski definition) is 2. The van der Waals surface area contributed by atoms with Gasteiger partial charge in [-0.15, -0.1) is 0 Å². The van der Waals surface area contributed by atoms with Crippen molar-refractivity contribution in [1.29, 1.82) is 0 Å². The van der Waals surface area contributed by atoms with Crippen molar-refractivity contribution in [2.45, 2.75) is 25.9 Å². The van der Waals surface area contributed by atoms with Gasteiger partial charge in [-0.2, -0.15) is 5.10 Å². The summed E-state index contributed by atoms with van der Waals surface area (Å²) >= 11 is 0. The summed E-state index contributed by atoms with van der Waals surface area (Å²) in [7, 11) is 1.68. The van der Waals surface area contributed by atoms with Crippen LogP contribution < -0.4 is 10.1 Å². The second-order valence-electron chi connectivity index (χ2n) is 6.52. The number of methoxy groups -OCH3 is 1. The number of nitrogens with zero attached hydrogens (tertiary/aromatic N) is 2. The zero-order valence-corrected chi connectivity index (χ0v) is 13.5. The van der Waals surface area contributed by atoms with Crippen LogP contribution in [0.1, 0.15) is 19.4 Å². The molecule has 0 unspecified atom stereocenters. The molecule has 5 nitrogen and oxygen atoms in total. The number of aromatic nitrogens is 2. The maximum Gasteiger partial charge on any atom is 0.118 e. The Kier molecular flexibility index (Phi) is 4.18. The van der Waals surface area contributed by atoms with Crippen LogP contribution in [-0.4, -0.2) is 47.4 Å². The van der Waals surface area contributed by atoms with Crippen molar-refractivity contribution in [1.82, 2.24) is 20.4 Å². The molecule has 2 heterocycles. The molecule has 0 amide bonds. The Morgan fingerprint density at radius 3 is 2.73 bits per heavy atom. The molecule has 0 saturated carbocycles. The monoisotopic (exact) mass is 300 g/mol. The van der Waals surface area contributed by atoms with Crippen molar-refractivity contribution in [2.24, 2.45) is 0 Å². The maximum atomic E-state index is 5.22. The van der Waals surface area contributed by atoms with Gasteiger partial charge in [0, 0.05) is 42.8 Å². The zero-order chi connectivity index (χ0) is 15.6. The molecule has 0 spiro atoms. The van der Waals surface area contributed by atoms with Gasteiger partial charge in [-0.1, -0.05) is 0 Å². The minimum Gasteiger partial charge on any atom is -0.497 e. The van der Waals surface area contributed by atoms with E-state index < -0.39 is 0 Å². The van der Waals surface area contributed by atoms with Crippen LogP contribution >= 0.6 is 0 Å². The van der Waals surface area contributed by atoms with Crippen molar-refractivity contribution >= 4 is 0 Å². The summed E-state index contributed by atoms with van der Waals surface area (Å²) in [4.78, 5) is 2.48. The number of H-pyrrole nitrogens is 1. The Balaban J connectivity index is 1.77. The third kappa shape index (κ3) is 3.31. The highest BCUT2D eigenvalue weighted by molar-refractivity contribution is 5.63. The van der Waals surface area contributed by atoms with Crippen LogP contribution in [-0.2, 0) is 6.54 Å². The van der Waals surface area contributed by atoms with Crippen molar-refractivity contribution in [3.8, 4) is 17.0 Å². The highest BCUT2D eigenvalue weighted by Crippen LogP contribution is 2.25. The molecule has 1 fully saturated rings. The van der Waals surface area contributed by atoms with Crippen molar-refractivity contribution in [3.05, 3.63) is 36.0 Å². The van der Waals surface area contributed by atoms with E-state index in [0.29, 0.717) is 0 Å². The summed E-state index contributed by atoms with van der Waals surface area (Å²) in [6.45, 7) is 8.56. The average Bonchev–Trinajstić information content (AvgIpc) is 2.94. The van der Waals surface area contributed by atoms with Crippen LogP contribution in [0, 0.1) is 0 Å². The molecule has 0 radical (unpaired) electrons. The predicted octanol–water partition coefficient (Wildman–Crippen LogP) is 2.27. The van der Waals surface area contributed by atoms with Gasteiger partial charge in [-0.3, -0.25) is 10.00 Å². The van der Waals surface area contributed by atoms with E-state index >= 15 is 0 Å². The fraction of sp³-hybridized carbons (Fsp3) is 0.471. The molecule has 118 valence electrons. The summed E-state index contributed by atoms with van der Waals surface area (Å²) in [5.41, 5.74) is 3.65. The highest BCUT2D eigenvalue weighted by atomic mass is 16.5. The summed E-state index contributed by atoms with van der Waals surface area (Å²) in [5.74, 6) is 0.869. The molecule has 0 atom stereocenters. The molecule has 3 rings (SSSR count). The van der Waals surface area contributed by atoms with Crippen LogP contribution in [0.4, 0.5) is 0 Å². The molecular formula is C17H24N4O. The summed E-state index contributed by atoms with van der Waals surface area (Å²) in [5, 5.41) is 10.9. The van der Waals surface area contributed by atoms with E-state index in [1.54, 1.807) is 7.11 Å². The first-order chi connectivity index (χ1) is 10.6. The van der Waals surface area contributed by atoms with Crippen LogP contribution in [0.3, 0.4) is 0 Å². The molecule has 1 aliphatic heterocycles. The number of rotatable bonds is 4. The Bertz CT molecular complexity index is 618. The third-order valence-electron chi connectivity index (χ3n) is 4.14. The standard InChI is InChI=1S/C17H24N4O/c1-17(2)12-21(9-8-18-17)11-14-10-19-20-16(14)13-4-6-15(22-3)7-5-13/h4-7,10,18H,8-9,11-12H2,1-3H3,(H,19,20). The van der Waals surface area contributed by atoms with Crippen LogP contribution in [0.25, 0.3) is 11.3 Å². The van der Waals surface area contributed by atoms with Gasteiger partial charge in [0.25, 0.3) is 0 Å². The largest absolute Gasteiger partial charge is 0.497 e. The number of ether oxygens (including phenoxy) is 1. The lowest BCUT2D eigenvalue weighted by molar-refractivity contribution is 0.148. The fourth-order valence-corrected chi connectivity index (χ4v) is 3.06. The number of aromatic amines is 1. The second kappa shape index (κ2) is 6.10. The topological polar surface area (TPSA) is 53.2 Å². The molecule has 2 N–H and O–H groups in total. The van der Waals surface area contributed by atoms with E-state index in [9.17, 15) is 0 Å². The lowest BCUT2D eigenvalue weighted by Crippen LogP contribution is -2.56. The number of piperazine rings is 1. The second-order valence-corrected chi connectivity index (χ2v) is 6.52. The van der Waals surface area contributed by atoms with Gasteiger partial charge in [0.15, 0.2) is 0 Å². The molecule has 1 aliphatic rings. The molecule has 1 aromatic carbocycles. The Labute approximate surface area is 131 Å². The minimum absolute atomic E-state index is 0.169. The number of hydrogen-bond acceptors (Lipinski definition) is 4. The first-order valence-corrected chi connectivity index (χ1v) is 7.71.